The van der Waals surface area contributed by atoms with Crippen molar-refractivity contribution in [1.82, 2.24) is 0 Å². The molecule has 3 rings (SSSR count). The standard InChI is InChI=1S/C27H48O/c1-3-6-22-9-11-24(12-10-22)8-5-21-28-27-19-17-26(18-20-27)25-15-13-23(7-4-2)14-16-25/h5,8,22-27H,3-4,6-7,9-21H2,1-2H3/b8-5+/t22-,23-,24-,25-,26-,27-. The van der Waals surface area contributed by atoms with Gasteiger partial charge in [-0.05, 0) is 93.8 Å². The van der Waals surface area contributed by atoms with Crippen LogP contribution in [0.3, 0.4) is 0 Å². The lowest BCUT2D eigenvalue weighted by atomic mass is 9.70. The Hall–Kier alpha value is -0.300. The van der Waals surface area contributed by atoms with Crippen molar-refractivity contribution in [1.29, 1.82) is 0 Å². The van der Waals surface area contributed by atoms with E-state index in [1.165, 1.54) is 103 Å². The minimum Gasteiger partial charge on any atom is -0.374 e. The average Bonchev–Trinajstić information content (AvgIpc) is 2.74. The average molecular weight is 389 g/mol. The molecule has 28 heavy (non-hydrogen) atoms. The fourth-order valence-corrected chi connectivity index (χ4v) is 6.60. The minimum absolute atomic E-state index is 0.539. The number of hydrogen-bond donors (Lipinski definition) is 0. The van der Waals surface area contributed by atoms with Crippen molar-refractivity contribution in [2.75, 3.05) is 6.61 Å². The van der Waals surface area contributed by atoms with E-state index < -0.39 is 0 Å². The molecule has 0 aromatic carbocycles. The molecule has 0 aromatic rings. The number of ether oxygens (including phenoxy) is 1. The molecule has 0 bridgehead atoms. The minimum atomic E-state index is 0.539. The van der Waals surface area contributed by atoms with Gasteiger partial charge in [-0.3, -0.25) is 0 Å². The summed E-state index contributed by atoms with van der Waals surface area (Å²) < 4.78 is 6.23. The molecule has 0 unspecified atom stereocenters. The van der Waals surface area contributed by atoms with Crippen LogP contribution < -0.4 is 0 Å². The molecule has 0 aromatic heterocycles. The van der Waals surface area contributed by atoms with Crippen molar-refractivity contribution in [3.63, 3.8) is 0 Å². The summed E-state index contributed by atoms with van der Waals surface area (Å²) in [6, 6.07) is 0. The maximum Gasteiger partial charge on any atom is 0.0651 e. The van der Waals surface area contributed by atoms with Crippen molar-refractivity contribution < 1.29 is 4.74 Å². The molecule has 0 spiro atoms. The van der Waals surface area contributed by atoms with E-state index in [1.54, 1.807) is 0 Å². The zero-order valence-electron chi connectivity index (χ0n) is 19.0. The van der Waals surface area contributed by atoms with Gasteiger partial charge in [0.1, 0.15) is 0 Å². The maximum atomic E-state index is 6.23. The van der Waals surface area contributed by atoms with E-state index in [0.29, 0.717) is 6.10 Å². The largest absolute Gasteiger partial charge is 0.374 e. The molecular formula is C27H48O. The molecule has 3 aliphatic rings. The van der Waals surface area contributed by atoms with Crippen molar-refractivity contribution in [2.45, 2.75) is 123 Å². The van der Waals surface area contributed by atoms with Crippen LogP contribution in [0.5, 0.6) is 0 Å². The third-order valence-electron chi connectivity index (χ3n) is 8.40. The summed E-state index contributed by atoms with van der Waals surface area (Å²) in [4.78, 5) is 0. The molecule has 3 fully saturated rings. The molecule has 0 radical (unpaired) electrons. The molecule has 162 valence electrons. The first-order valence-electron chi connectivity index (χ1n) is 13.1. The first kappa shape index (κ1) is 22.4. The van der Waals surface area contributed by atoms with E-state index >= 15 is 0 Å². The van der Waals surface area contributed by atoms with Crippen molar-refractivity contribution in [2.24, 2.45) is 29.6 Å². The summed E-state index contributed by atoms with van der Waals surface area (Å²) in [6.45, 7) is 5.53. The van der Waals surface area contributed by atoms with Crippen LogP contribution in [-0.4, -0.2) is 12.7 Å². The summed E-state index contributed by atoms with van der Waals surface area (Å²) in [5.74, 6) is 4.94. The number of rotatable bonds is 9. The summed E-state index contributed by atoms with van der Waals surface area (Å²) >= 11 is 0. The Labute approximate surface area is 176 Å². The van der Waals surface area contributed by atoms with Gasteiger partial charge in [0.15, 0.2) is 0 Å². The second-order valence-electron chi connectivity index (χ2n) is 10.4. The van der Waals surface area contributed by atoms with E-state index in [2.05, 4.69) is 26.0 Å². The Balaban J connectivity index is 1.25. The van der Waals surface area contributed by atoms with Crippen molar-refractivity contribution in [3.05, 3.63) is 12.2 Å². The smallest absolute Gasteiger partial charge is 0.0651 e. The van der Waals surface area contributed by atoms with Gasteiger partial charge in [-0.2, -0.15) is 0 Å². The Morgan fingerprint density at radius 2 is 1.14 bits per heavy atom. The molecular weight excluding hydrogens is 340 g/mol. The van der Waals surface area contributed by atoms with Crippen LogP contribution in [0.1, 0.15) is 117 Å². The fraction of sp³-hybridized carbons (Fsp3) is 0.926. The zero-order valence-corrected chi connectivity index (χ0v) is 19.0. The molecule has 1 nitrogen and oxygen atoms in total. The predicted octanol–water partition coefficient (Wildman–Crippen LogP) is 8.33. The SMILES string of the molecule is CCC[C@H]1CC[C@H](/C=C/CO[C@H]2CC[C@H]([C@H]3CC[C@H](CCC)CC3)CC2)CC1. The summed E-state index contributed by atoms with van der Waals surface area (Å²) in [5.41, 5.74) is 0. The Bertz CT molecular complexity index is 418. The summed E-state index contributed by atoms with van der Waals surface area (Å²) in [7, 11) is 0. The van der Waals surface area contributed by atoms with Gasteiger partial charge in [-0.1, -0.05) is 64.5 Å². The fourth-order valence-electron chi connectivity index (χ4n) is 6.60. The normalized spacial score (nSPS) is 37.4. The summed E-state index contributed by atoms with van der Waals surface area (Å²) in [5, 5.41) is 0. The molecule has 3 saturated carbocycles. The third kappa shape index (κ3) is 7.19. The van der Waals surface area contributed by atoms with Gasteiger partial charge in [-0.15, -0.1) is 0 Å². The van der Waals surface area contributed by atoms with Crippen LogP contribution in [0.15, 0.2) is 12.2 Å². The lowest BCUT2D eigenvalue weighted by Crippen LogP contribution is -2.28. The van der Waals surface area contributed by atoms with E-state index in [-0.39, 0.29) is 0 Å². The maximum absolute atomic E-state index is 6.23. The molecule has 1 heteroatoms. The molecule has 0 aliphatic heterocycles. The third-order valence-corrected chi connectivity index (χ3v) is 8.40. The van der Waals surface area contributed by atoms with Gasteiger partial charge in [0.2, 0.25) is 0 Å². The van der Waals surface area contributed by atoms with Gasteiger partial charge in [0, 0.05) is 0 Å². The summed E-state index contributed by atoms with van der Waals surface area (Å²) in [6.07, 6.45) is 28.3. The highest BCUT2D eigenvalue weighted by Crippen LogP contribution is 2.41. The zero-order chi connectivity index (χ0) is 19.6. The highest BCUT2D eigenvalue weighted by atomic mass is 16.5. The highest BCUT2D eigenvalue weighted by molar-refractivity contribution is 4.91. The van der Waals surface area contributed by atoms with E-state index in [1.807, 2.05) is 0 Å². The molecule has 0 saturated heterocycles. The van der Waals surface area contributed by atoms with E-state index in [4.69, 9.17) is 4.74 Å². The molecule has 0 atom stereocenters. The van der Waals surface area contributed by atoms with Gasteiger partial charge in [-0.25, -0.2) is 0 Å². The van der Waals surface area contributed by atoms with Gasteiger partial charge < -0.3 is 4.74 Å². The molecule has 0 heterocycles. The lowest BCUT2D eigenvalue weighted by Gasteiger charge is -2.37. The lowest BCUT2D eigenvalue weighted by molar-refractivity contribution is 0.0208. The monoisotopic (exact) mass is 388 g/mol. The van der Waals surface area contributed by atoms with Crippen LogP contribution in [0.2, 0.25) is 0 Å². The highest BCUT2D eigenvalue weighted by Gasteiger charge is 2.30. The topological polar surface area (TPSA) is 9.23 Å². The second-order valence-corrected chi connectivity index (χ2v) is 10.4. The molecule has 0 N–H and O–H groups in total. The van der Waals surface area contributed by atoms with Crippen LogP contribution in [-0.2, 0) is 4.74 Å². The second kappa shape index (κ2) is 12.4. The first-order valence-corrected chi connectivity index (χ1v) is 13.1. The van der Waals surface area contributed by atoms with Gasteiger partial charge in [0.05, 0.1) is 12.7 Å². The molecule has 0 amide bonds. The Kier molecular flexibility index (Phi) is 9.92. The molecule has 3 aliphatic carbocycles. The Morgan fingerprint density at radius 1 is 0.643 bits per heavy atom. The van der Waals surface area contributed by atoms with Crippen LogP contribution >= 0.6 is 0 Å². The Morgan fingerprint density at radius 3 is 1.68 bits per heavy atom. The number of allylic oxidation sites excluding steroid dienone is 1. The van der Waals surface area contributed by atoms with Crippen LogP contribution in [0, 0.1) is 29.6 Å². The number of hydrogen-bond acceptors (Lipinski definition) is 1. The van der Waals surface area contributed by atoms with Gasteiger partial charge >= 0.3 is 0 Å². The first-order chi connectivity index (χ1) is 13.8. The van der Waals surface area contributed by atoms with Crippen LogP contribution in [0.4, 0.5) is 0 Å². The predicted molar refractivity (Wildman–Crippen MR) is 122 cm³/mol. The van der Waals surface area contributed by atoms with Crippen molar-refractivity contribution in [3.8, 4) is 0 Å². The van der Waals surface area contributed by atoms with Crippen molar-refractivity contribution >= 4 is 0 Å². The van der Waals surface area contributed by atoms with E-state index in [9.17, 15) is 0 Å². The quantitative estimate of drug-likeness (QED) is 0.361. The van der Waals surface area contributed by atoms with Crippen LogP contribution in [0.25, 0.3) is 0 Å². The van der Waals surface area contributed by atoms with E-state index in [0.717, 1.165) is 36.2 Å². The van der Waals surface area contributed by atoms with Gasteiger partial charge in [0.25, 0.3) is 0 Å².